The van der Waals surface area contributed by atoms with Gasteiger partial charge in [0.2, 0.25) is 0 Å². The zero-order chi connectivity index (χ0) is 13.7. The van der Waals surface area contributed by atoms with Gasteiger partial charge in [-0.15, -0.1) is 0 Å². The van der Waals surface area contributed by atoms with Crippen LogP contribution in [-0.4, -0.2) is 30.2 Å². The first-order chi connectivity index (χ1) is 9.16. The molecule has 0 bridgehead atoms. The summed E-state index contributed by atoms with van der Waals surface area (Å²) in [5.74, 6) is 0. The molecular weight excluding hydrogens is 278 g/mol. The fourth-order valence-electron chi connectivity index (χ4n) is 1.68. The SMILES string of the molecule is C[SiH](C)CCOCn1nccc1-c1ccc(Cl)nc1. The van der Waals surface area contributed by atoms with Gasteiger partial charge in [0.1, 0.15) is 11.9 Å². The third-order valence-electron chi connectivity index (χ3n) is 2.79. The van der Waals surface area contributed by atoms with Crippen LogP contribution in [0.2, 0.25) is 24.3 Å². The Morgan fingerprint density at radius 2 is 2.16 bits per heavy atom. The molecule has 0 aliphatic heterocycles. The fourth-order valence-corrected chi connectivity index (χ4v) is 2.43. The van der Waals surface area contributed by atoms with Crippen LogP contribution in [0.1, 0.15) is 0 Å². The Kier molecular flexibility index (Phi) is 5.13. The number of nitrogens with zero attached hydrogens (tertiary/aromatic N) is 3. The molecule has 2 heterocycles. The monoisotopic (exact) mass is 295 g/mol. The maximum absolute atomic E-state index is 5.79. The number of halogens is 1. The van der Waals surface area contributed by atoms with E-state index in [1.165, 1.54) is 6.04 Å². The van der Waals surface area contributed by atoms with Crippen LogP contribution in [-0.2, 0) is 11.5 Å². The van der Waals surface area contributed by atoms with Crippen molar-refractivity contribution in [3.8, 4) is 11.3 Å². The minimum Gasteiger partial charge on any atom is -0.360 e. The first-order valence-corrected chi connectivity index (χ1v) is 9.88. The molecule has 0 saturated heterocycles. The van der Waals surface area contributed by atoms with E-state index in [2.05, 4.69) is 23.2 Å². The minimum atomic E-state index is -0.538. The van der Waals surface area contributed by atoms with E-state index >= 15 is 0 Å². The van der Waals surface area contributed by atoms with E-state index in [1.54, 1.807) is 18.5 Å². The lowest BCUT2D eigenvalue weighted by Gasteiger charge is -2.09. The molecule has 0 aliphatic rings. The molecule has 0 radical (unpaired) electrons. The van der Waals surface area contributed by atoms with E-state index in [-0.39, 0.29) is 0 Å². The second-order valence-electron chi connectivity index (χ2n) is 4.81. The third kappa shape index (κ3) is 4.16. The number of rotatable bonds is 6. The molecule has 0 amide bonds. The molecule has 2 aromatic heterocycles. The van der Waals surface area contributed by atoms with Crippen molar-refractivity contribution in [2.24, 2.45) is 0 Å². The molecule has 6 heteroatoms. The highest BCUT2D eigenvalue weighted by molar-refractivity contribution is 6.55. The molecule has 102 valence electrons. The molecule has 0 saturated carbocycles. The average molecular weight is 296 g/mol. The van der Waals surface area contributed by atoms with E-state index in [0.717, 1.165) is 17.9 Å². The summed E-state index contributed by atoms with van der Waals surface area (Å²) in [6, 6.07) is 6.86. The van der Waals surface area contributed by atoms with Crippen molar-refractivity contribution < 1.29 is 4.74 Å². The van der Waals surface area contributed by atoms with Crippen LogP contribution in [0, 0.1) is 0 Å². The summed E-state index contributed by atoms with van der Waals surface area (Å²) in [4.78, 5) is 4.08. The van der Waals surface area contributed by atoms with Crippen molar-refractivity contribution in [2.45, 2.75) is 25.9 Å². The van der Waals surface area contributed by atoms with Gasteiger partial charge in [0.15, 0.2) is 0 Å². The number of aromatic nitrogens is 3. The van der Waals surface area contributed by atoms with Crippen molar-refractivity contribution in [3.63, 3.8) is 0 Å². The first-order valence-electron chi connectivity index (χ1n) is 6.38. The summed E-state index contributed by atoms with van der Waals surface area (Å²) in [5, 5.41) is 4.77. The summed E-state index contributed by atoms with van der Waals surface area (Å²) in [5.41, 5.74) is 1.98. The van der Waals surface area contributed by atoms with Crippen LogP contribution in [0.25, 0.3) is 11.3 Å². The van der Waals surface area contributed by atoms with Gasteiger partial charge in [-0.25, -0.2) is 9.67 Å². The Labute approximate surface area is 120 Å². The lowest BCUT2D eigenvalue weighted by atomic mass is 10.2. The quantitative estimate of drug-likeness (QED) is 0.467. The van der Waals surface area contributed by atoms with Gasteiger partial charge in [0.05, 0.1) is 5.69 Å². The Morgan fingerprint density at radius 3 is 2.84 bits per heavy atom. The van der Waals surface area contributed by atoms with Crippen molar-refractivity contribution in [1.29, 1.82) is 0 Å². The predicted molar refractivity (Wildman–Crippen MR) is 80.1 cm³/mol. The molecule has 0 fully saturated rings. The summed E-state index contributed by atoms with van der Waals surface area (Å²) in [6.07, 6.45) is 3.52. The van der Waals surface area contributed by atoms with Crippen LogP contribution < -0.4 is 0 Å². The molecule has 2 rings (SSSR count). The Morgan fingerprint density at radius 1 is 1.32 bits per heavy atom. The van der Waals surface area contributed by atoms with Crippen LogP contribution in [0.15, 0.2) is 30.6 Å². The highest BCUT2D eigenvalue weighted by Crippen LogP contribution is 2.19. The van der Waals surface area contributed by atoms with E-state index in [4.69, 9.17) is 16.3 Å². The Bertz CT molecular complexity index is 513. The molecule has 0 spiro atoms. The van der Waals surface area contributed by atoms with Gasteiger partial charge in [-0.3, -0.25) is 0 Å². The summed E-state index contributed by atoms with van der Waals surface area (Å²) < 4.78 is 7.50. The largest absolute Gasteiger partial charge is 0.360 e. The molecule has 0 N–H and O–H groups in total. The van der Waals surface area contributed by atoms with Crippen molar-refractivity contribution >= 4 is 20.4 Å². The van der Waals surface area contributed by atoms with E-state index in [9.17, 15) is 0 Å². The van der Waals surface area contributed by atoms with Crippen LogP contribution in [0.3, 0.4) is 0 Å². The number of ether oxygens (including phenoxy) is 1. The smallest absolute Gasteiger partial charge is 0.139 e. The van der Waals surface area contributed by atoms with Gasteiger partial charge in [0.25, 0.3) is 0 Å². The third-order valence-corrected chi connectivity index (χ3v) is 4.41. The highest BCUT2D eigenvalue weighted by Gasteiger charge is 2.06. The standard InChI is InChI=1S/C13H18ClN3OSi/c1-19(2)8-7-18-10-17-12(5-6-16-17)11-3-4-13(14)15-9-11/h3-6,9,19H,7-8,10H2,1-2H3. The molecule has 19 heavy (non-hydrogen) atoms. The fraction of sp³-hybridized carbons (Fsp3) is 0.385. The second-order valence-corrected chi connectivity index (χ2v) is 8.56. The lowest BCUT2D eigenvalue weighted by molar-refractivity contribution is 0.0801. The summed E-state index contributed by atoms with van der Waals surface area (Å²) >= 11 is 5.79. The Balaban J connectivity index is 1.99. The maximum atomic E-state index is 5.79. The van der Waals surface area contributed by atoms with E-state index in [1.807, 2.05) is 16.8 Å². The van der Waals surface area contributed by atoms with Crippen LogP contribution in [0.4, 0.5) is 0 Å². The zero-order valence-electron chi connectivity index (χ0n) is 11.2. The topological polar surface area (TPSA) is 39.9 Å². The first kappa shape index (κ1) is 14.2. The van der Waals surface area contributed by atoms with E-state index in [0.29, 0.717) is 11.9 Å². The molecule has 0 unspecified atom stereocenters. The molecule has 4 nitrogen and oxygen atoms in total. The van der Waals surface area contributed by atoms with E-state index < -0.39 is 8.80 Å². The number of pyridine rings is 1. The molecule has 2 aromatic rings. The van der Waals surface area contributed by atoms with Gasteiger partial charge in [-0.2, -0.15) is 5.10 Å². The Hall–Kier alpha value is -1.17. The highest BCUT2D eigenvalue weighted by atomic mass is 35.5. The summed E-state index contributed by atoms with van der Waals surface area (Å²) in [6.45, 7) is 5.93. The number of hydrogen-bond donors (Lipinski definition) is 0. The second kappa shape index (κ2) is 6.84. The number of hydrogen-bond acceptors (Lipinski definition) is 3. The van der Waals surface area contributed by atoms with Gasteiger partial charge in [0, 0.05) is 33.4 Å². The van der Waals surface area contributed by atoms with Gasteiger partial charge in [-0.05, 0) is 24.2 Å². The van der Waals surface area contributed by atoms with Gasteiger partial charge >= 0.3 is 0 Å². The van der Waals surface area contributed by atoms with Crippen molar-refractivity contribution in [1.82, 2.24) is 14.8 Å². The predicted octanol–water partition coefficient (Wildman–Crippen LogP) is 3.06. The van der Waals surface area contributed by atoms with Crippen LogP contribution >= 0.6 is 11.6 Å². The molecule has 0 aromatic carbocycles. The van der Waals surface area contributed by atoms with Gasteiger partial charge in [-0.1, -0.05) is 24.7 Å². The van der Waals surface area contributed by atoms with Gasteiger partial charge < -0.3 is 4.74 Å². The maximum Gasteiger partial charge on any atom is 0.139 e. The molecule has 0 atom stereocenters. The summed E-state index contributed by atoms with van der Waals surface area (Å²) in [7, 11) is -0.538. The zero-order valence-corrected chi connectivity index (χ0v) is 13.1. The van der Waals surface area contributed by atoms with Crippen LogP contribution in [0.5, 0.6) is 0 Å². The van der Waals surface area contributed by atoms with Crippen molar-refractivity contribution in [3.05, 3.63) is 35.7 Å². The average Bonchev–Trinajstić information content (AvgIpc) is 2.84. The normalized spacial score (nSPS) is 11.2. The van der Waals surface area contributed by atoms with Crippen molar-refractivity contribution in [2.75, 3.05) is 6.61 Å². The lowest BCUT2D eigenvalue weighted by Crippen LogP contribution is -2.10. The molecular formula is C13H18ClN3OSi. The molecule has 0 aliphatic carbocycles. The minimum absolute atomic E-state index is 0.478.